The molecule has 0 saturated carbocycles. The lowest BCUT2D eigenvalue weighted by atomic mass is 10.0. The highest BCUT2D eigenvalue weighted by Gasteiger charge is 2.29. The smallest absolute Gasteiger partial charge is 0.463 e. The third kappa shape index (κ3) is 69.4. The van der Waals surface area contributed by atoms with Crippen molar-refractivity contribution in [3.05, 3.63) is 109 Å². The molecule has 0 amide bonds. The summed E-state index contributed by atoms with van der Waals surface area (Å²) < 4.78 is 60.8. The van der Waals surface area contributed by atoms with Gasteiger partial charge in [0.25, 0.3) is 0 Å². The zero-order valence-electron chi connectivity index (χ0n) is 58.1. The zero-order chi connectivity index (χ0) is 68.1. The number of aliphatic hydroxyl groups is 2. The third-order valence-corrected chi connectivity index (χ3v) is 16.8. The number of hydrogen-bond donors (Lipinski definition) is 4. The van der Waals surface area contributed by atoms with Gasteiger partial charge in [-0.2, -0.15) is 0 Å². The van der Waals surface area contributed by atoms with Crippen LogP contribution in [0.4, 0.5) is 0 Å². The van der Waals surface area contributed by atoms with Gasteiger partial charge < -0.3 is 34.2 Å². The molecular weight excluding hydrogens is 1220 g/mol. The molecule has 0 rings (SSSR count). The summed E-state index contributed by atoms with van der Waals surface area (Å²) >= 11 is 0. The van der Waals surface area contributed by atoms with Crippen molar-refractivity contribution in [2.45, 2.75) is 309 Å². The first-order chi connectivity index (χ1) is 45.2. The second-order valence-electron chi connectivity index (χ2n) is 24.0. The molecule has 18 heteroatoms. The van der Waals surface area contributed by atoms with Gasteiger partial charge in [-0.3, -0.25) is 32.5 Å². The normalized spacial score (nSPS) is 14.8. The largest absolute Gasteiger partial charge is 0.472 e. The van der Waals surface area contributed by atoms with E-state index < -0.39 is 91.5 Å². The molecule has 0 aliphatic rings. The number of unbranched alkanes of at least 4 members (excludes halogenated alkanes) is 27. The maximum atomic E-state index is 12.9. The van der Waals surface area contributed by atoms with E-state index in [0.29, 0.717) is 19.3 Å². The summed E-state index contributed by atoms with van der Waals surface area (Å²) in [5.74, 6) is -1.60. The van der Waals surface area contributed by atoms with Crippen molar-refractivity contribution in [2.75, 3.05) is 39.6 Å². The summed E-state index contributed by atoms with van der Waals surface area (Å²) in [5, 5.41) is 20.6. The zero-order valence-corrected chi connectivity index (χ0v) is 59.9. The number of aliphatic hydroxyl groups excluding tert-OH is 2. The average Bonchev–Trinajstić information content (AvgIpc) is 3.55. The van der Waals surface area contributed by atoms with E-state index in [9.17, 15) is 43.5 Å². The topological polar surface area (TPSA) is 231 Å². The van der Waals surface area contributed by atoms with Gasteiger partial charge in [0.2, 0.25) is 0 Å². The molecule has 16 nitrogen and oxygen atoms in total. The van der Waals surface area contributed by atoms with Gasteiger partial charge in [0.1, 0.15) is 25.4 Å². The van der Waals surface area contributed by atoms with Gasteiger partial charge in [-0.1, -0.05) is 259 Å². The number of ether oxygens (including phenoxy) is 3. The number of allylic oxidation sites excluding steroid dienone is 18. The summed E-state index contributed by atoms with van der Waals surface area (Å²) in [5.41, 5.74) is 0. The number of carbonyl (C=O) groups is 3. The lowest BCUT2D eigenvalue weighted by Gasteiger charge is -2.21. The Kier molecular flexibility index (Phi) is 65.4. The van der Waals surface area contributed by atoms with Crippen LogP contribution in [0, 0.1) is 0 Å². The van der Waals surface area contributed by atoms with Gasteiger partial charge in [-0.25, -0.2) is 9.13 Å². The molecule has 4 N–H and O–H groups in total. The molecular formula is C75H130O16P2. The first-order valence-corrected chi connectivity index (χ1v) is 39.2. The van der Waals surface area contributed by atoms with Crippen LogP contribution in [-0.4, -0.2) is 95.9 Å². The highest BCUT2D eigenvalue weighted by atomic mass is 31.2. The number of carbonyl (C=O) groups excluding carboxylic acids is 3. The second kappa shape index (κ2) is 68.2. The molecule has 0 aromatic rings. The van der Waals surface area contributed by atoms with Crippen LogP contribution < -0.4 is 0 Å². The fourth-order valence-electron chi connectivity index (χ4n) is 9.43. The molecule has 0 bridgehead atoms. The summed E-state index contributed by atoms with van der Waals surface area (Å²) in [4.78, 5) is 58.3. The molecule has 0 aliphatic carbocycles. The van der Waals surface area contributed by atoms with E-state index >= 15 is 0 Å². The van der Waals surface area contributed by atoms with Crippen molar-refractivity contribution < 1.29 is 75.8 Å². The minimum atomic E-state index is -4.92. The van der Waals surface area contributed by atoms with Gasteiger partial charge in [0, 0.05) is 19.3 Å². The van der Waals surface area contributed by atoms with Crippen LogP contribution in [0.5, 0.6) is 0 Å². The van der Waals surface area contributed by atoms with Crippen molar-refractivity contribution in [1.82, 2.24) is 0 Å². The molecule has 536 valence electrons. The Morgan fingerprint density at radius 3 is 0.957 bits per heavy atom. The first-order valence-electron chi connectivity index (χ1n) is 36.2. The predicted molar refractivity (Wildman–Crippen MR) is 380 cm³/mol. The maximum Gasteiger partial charge on any atom is 0.472 e. The molecule has 93 heavy (non-hydrogen) atoms. The van der Waals surface area contributed by atoms with Crippen LogP contribution in [0.1, 0.15) is 290 Å². The molecule has 0 spiro atoms. The molecule has 0 heterocycles. The average molecular weight is 1350 g/mol. The number of rotatable bonds is 68. The highest BCUT2D eigenvalue weighted by Crippen LogP contribution is 2.45. The number of esters is 3. The summed E-state index contributed by atoms with van der Waals surface area (Å²) in [7, 11) is -9.78. The monoisotopic (exact) mass is 1350 g/mol. The van der Waals surface area contributed by atoms with Crippen LogP contribution in [0.25, 0.3) is 0 Å². The summed E-state index contributed by atoms with van der Waals surface area (Å²) in [6.45, 7) is 2.45. The van der Waals surface area contributed by atoms with E-state index in [-0.39, 0.29) is 19.3 Å². The van der Waals surface area contributed by atoms with Crippen LogP contribution in [0.2, 0.25) is 0 Å². The van der Waals surface area contributed by atoms with Crippen molar-refractivity contribution in [2.24, 2.45) is 0 Å². The Morgan fingerprint density at radius 1 is 0.312 bits per heavy atom. The minimum Gasteiger partial charge on any atom is -0.463 e. The van der Waals surface area contributed by atoms with Gasteiger partial charge in [0.15, 0.2) is 6.10 Å². The second-order valence-corrected chi connectivity index (χ2v) is 26.9. The molecule has 0 aromatic carbocycles. The minimum absolute atomic E-state index is 0.0917. The van der Waals surface area contributed by atoms with Gasteiger partial charge in [-0.05, 0) is 122 Å². The van der Waals surface area contributed by atoms with Crippen LogP contribution in [0.3, 0.4) is 0 Å². The van der Waals surface area contributed by atoms with E-state index in [1.165, 1.54) is 77.0 Å². The van der Waals surface area contributed by atoms with E-state index in [2.05, 4.69) is 130 Å². The molecule has 0 saturated heterocycles. The molecule has 5 unspecified atom stereocenters. The SMILES string of the molecule is CC/C=C\C/C=C\C/C=C\C/C=C\C/C=C\C/C=C\CCCCCCCCCCCCCCC(=O)OCC(O)COP(=O)(O)OCC(O)COP(=O)(O)OCC(COC(=O)CCCCCCC/C=C\C/C=C\CCC)OC(=O)CCCCCCC/C=C\CCCCCC. The lowest BCUT2D eigenvalue weighted by Crippen LogP contribution is -2.30. The van der Waals surface area contributed by atoms with Crippen molar-refractivity contribution in [1.29, 1.82) is 0 Å². The Balaban J connectivity index is 4.40. The summed E-state index contributed by atoms with van der Waals surface area (Å²) in [6, 6.07) is 0. The van der Waals surface area contributed by atoms with Crippen LogP contribution in [-0.2, 0) is 55.8 Å². The fourth-order valence-corrected chi connectivity index (χ4v) is 11.0. The summed E-state index contributed by atoms with van der Waals surface area (Å²) in [6.07, 6.45) is 77.3. The molecule has 5 atom stereocenters. The molecule has 0 aliphatic heterocycles. The third-order valence-electron chi connectivity index (χ3n) is 14.9. The fraction of sp³-hybridized carbons (Fsp3) is 0.720. The Bertz CT molecular complexity index is 2130. The van der Waals surface area contributed by atoms with Gasteiger partial charge >= 0.3 is 33.6 Å². The highest BCUT2D eigenvalue weighted by molar-refractivity contribution is 7.47. The maximum absolute atomic E-state index is 12.9. The van der Waals surface area contributed by atoms with Crippen LogP contribution >= 0.6 is 15.6 Å². The van der Waals surface area contributed by atoms with E-state index in [1.807, 2.05) is 0 Å². The van der Waals surface area contributed by atoms with Crippen molar-refractivity contribution in [3.63, 3.8) is 0 Å². The Hall–Kier alpha value is -3.79. The van der Waals surface area contributed by atoms with Crippen molar-refractivity contribution in [3.8, 4) is 0 Å². The van der Waals surface area contributed by atoms with E-state index in [0.717, 1.165) is 154 Å². The molecule has 0 radical (unpaired) electrons. The molecule has 0 fully saturated rings. The number of phosphoric ester groups is 2. The Labute approximate surface area is 564 Å². The van der Waals surface area contributed by atoms with Gasteiger partial charge in [-0.15, -0.1) is 0 Å². The van der Waals surface area contributed by atoms with E-state index in [4.69, 9.17) is 32.3 Å². The number of hydrogen-bond acceptors (Lipinski definition) is 14. The quantitative estimate of drug-likeness (QED) is 0.0146. The molecule has 0 aromatic heterocycles. The van der Waals surface area contributed by atoms with Crippen LogP contribution in [0.15, 0.2) is 109 Å². The first kappa shape index (κ1) is 89.2. The standard InChI is InChI=1S/C75H130O16P2/c1-4-7-10-13-16-19-22-25-26-27-28-29-30-31-32-33-34-35-36-37-38-39-40-41-42-45-47-49-52-55-58-61-73(78)85-64-70(76)65-87-92(81,82)88-66-71(77)67-89-93(83,84)90-69-72(91-75(80)63-60-57-54-51-48-44-24-21-18-15-12-9-6-3)68-86-74(79)62-59-56-53-50-46-43-23-20-17-14-11-8-5-2/h7,10-11,14,16,19-21,23-26,28-29,31-32,34-35,70-72,76-77H,4-6,8-9,12-13,15,17-18,22,27,30,33,36-69H2,1-3H3,(H,81,82)(H,83,84)/b10-7-,14-11-,19-16-,23-20-,24-21-,26-25-,29-28-,32-31-,35-34-. The van der Waals surface area contributed by atoms with E-state index in [1.54, 1.807) is 0 Å². The number of phosphoric acid groups is 2. The predicted octanol–water partition coefficient (Wildman–Crippen LogP) is 20.4. The van der Waals surface area contributed by atoms with Crippen molar-refractivity contribution >= 4 is 33.6 Å². The van der Waals surface area contributed by atoms with Gasteiger partial charge in [0.05, 0.1) is 26.4 Å². The Morgan fingerprint density at radius 2 is 0.591 bits per heavy atom. The lowest BCUT2D eigenvalue weighted by molar-refractivity contribution is -0.161.